The lowest BCUT2D eigenvalue weighted by molar-refractivity contribution is 0.0501. The van der Waals surface area contributed by atoms with Crippen LogP contribution in [0.3, 0.4) is 0 Å². The molecule has 1 aliphatic carbocycles. The number of nitrogens with zero attached hydrogens (tertiary/aromatic N) is 1. The normalized spacial score (nSPS) is 25.4. The number of rotatable bonds is 6. The molecule has 5 heteroatoms. The highest BCUT2D eigenvalue weighted by atomic mass is 16.3. The third-order valence-electron chi connectivity index (χ3n) is 4.66. The molecule has 1 atom stereocenters. The van der Waals surface area contributed by atoms with Crippen LogP contribution in [0.4, 0.5) is 4.79 Å². The van der Waals surface area contributed by atoms with Crippen molar-refractivity contribution in [3.05, 3.63) is 0 Å². The van der Waals surface area contributed by atoms with Gasteiger partial charge in [0.2, 0.25) is 0 Å². The fourth-order valence-electron chi connectivity index (χ4n) is 3.52. The van der Waals surface area contributed by atoms with E-state index in [0.29, 0.717) is 18.4 Å². The molecule has 21 heavy (non-hydrogen) atoms. The number of carbonyl (C=O) groups is 1. The SMILES string of the molecule is CC(C)CN1CCC(CNC(=O)NCC2(O)CCCC2)C1. The molecule has 0 spiro atoms. The van der Waals surface area contributed by atoms with Crippen molar-refractivity contribution in [2.75, 3.05) is 32.7 Å². The van der Waals surface area contributed by atoms with Crippen LogP contribution in [0.5, 0.6) is 0 Å². The number of hydrogen-bond donors (Lipinski definition) is 3. The Kier molecular flexibility index (Phi) is 5.88. The smallest absolute Gasteiger partial charge is 0.314 e. The lowest BCUT2D eigenvalue weighted by atomic mass is 10.0. The summed E-state index contributed by atoms with van der Waals surface area (Å²) in [6, 6.07) is -0.141. The molecular weight excluding hydrogens is 266 g/mol. The topological polar surface area (TPSA) is 64.6 Å². The molecule has 2 fully saturated rings. The molecule has 0 radical (unpaired) electrons. The monoisotopic (exact) mass is 297 g/mol. The van der Waals surface area contributed by atoms with Gasteiger partial charge in [-0.25, -0.2) is 4.79 Å². The Hall–Kier alpha value is -0.810. The summed E-state index contributed by atoms with van der Waals surface area (Å²) in [6.45, 7) is 8.98. The maximum absolute atomic E-state index is 11.8. The summed E-state index contributed by atoms with van der Waals surface area (Å²) in [5.74, 6) is 1.26. The van der Waals surface area contributed by atoms with Crippen molar-refractivity contribution in [3.63, 3.8) is 0 Å². The van der Waals surface area contributed by atoms with Gasteiger partial charge in [-0.1, -0.05) is 26.7 Å². The third-order valence-corrected chi connectivity index (χ3v) is 4.66. The molecule has 0 aromatic rings. The van der Waals surface area contributed by atoms with Gasteiger partial charge in [0, 0.05) is 26.2 Å². The molecule has 2 aliphatic rings. The van der Waals surface area contributed by atoms with Crippen molar-refractivity contribution < 1.29 is 9.90 Å². The Bertz CT molecular complexity index is 340. The first-order valence-electron chi connectivity index (χ1n) is 8.43. The van der Waals surface area contributed by atoms with Crippen molar-refractivity contribution >= 4 is 6.03 Å². The van der Waals surface area contributed by atoms with Gasteiger partial charge in [-0.3, -0.25) is 0 Å². The first-order chi connectivity index (χ1) is 9.97. The Balaban J connectivity index is 1.59. The van der Waals surface area contributed by atoms with E-state index in [1.807, 2.05) is 0 Å². The van der Waals surface area contributed by atoms with E-state index in [-0.39, 0.29) is 6.03 Å². The lowest BCUT2D eigenvalue weighted by Gasteiger charge is -2.22. The van der Waals surface area contributed by atoms with E-state index < -0.39 is 5.60 Å². The van der Waals surface area contributed by atoms with Crippen LogP contribution in [0.15, 0.2) is 0 Å². The highest BCUT2D eigenvalue weighted by Gasteiger charge is 2.31. The van der Waals surface area contributed by atoms with Crippen molar-refractivity contribution in [1.29, 1.82) is 0 Å². The highest BCUT2D eigenvalue weighted by molar-refractivity contribution is 5.73. The largest absolute Gasteiger partial charge is 0.388 e. The van der Waals surface area contributed by atoms with Crippen LogP contribution in [-0.4, -0.2) is 54.4 Å². The summed E-state index contributed by atoms with van der Waals surface area (Å²) in [6.07, 6.45) is 4.90. The van der Waals surface area contributed by atoms with E-state index in [4.69, 9.17) is 0 Å². The van der Waals surface area contributed by atoms with Gasteiger partial charge >= 0.3 is 6.03 Å². The minimum Gasteiger partial charge on any atom is -0.388 e. The van der Waals surface area contributed by atoms with E-state index in [2.05, 4.69) is 29.4 Å². The minimum atomic E-state index is -0.668. The predicted molar refractivity (Wildman–Crippen MR) is 84.2 cm³/mol. The summed E-state index contributed by atoms with van der Waals surface area (Å²) in [5, 5.41) is 16.0. The summed E-state index contributed by atoms with van der Waals surface area (Å²) >= 11 is 0. The molecule has 1 aliphatic heterocycles. The molecule has 0 aromatic heterocycles. The Morgan fingerprint density at radius 2 is 2.05 bits per heavy atom. The second-order valence-electron chi connectivity index (χ2n) is 7.30. The van der Waals surface area contributed by atoms with Crippen molar-refractivity contribution in [2.45, 2.75) is 51.6 Å². The molecule has 2 amide bonds. The molecule has 1 unspecified atom stereocenters. The molecule has 122 valence electrons. The Morgan fingerprint density at radius 3 is 2.71 bits per heavy atom. The first-order valence-corrected chi connectivity index (χ1v) is 8.43. The number of aliphatic hydroxyl groups is 1. The average Bonchev–Trinajstić information content (AvgIpc) is 3.03. The van der Waals surface area contributed by atoms with Gasteiger partial charge in [-0.05, 0) is 37.6 Å². The number of urea groups is 1. The van der Waals surface area contributed by atoms with E-state index in [1.54, 1.807) is 0 Å². The molecule has 1 heterocycles. The molecule has 2 rings (SSSR count). The van der Waals surface area contributed by atoms with Crippen LogP contribution in [0.1, 0.15) is 46.0 Å². The standard InChI is InChI=1S/C16H31N3O2/c1-13(2)10-19-8-5-14(11-19)9-17-15(20)18-12-16(21)6-3-4-7-16/h13-14,21H,3-12H2,1-2H3,(H2,17,18,20). The fourth-order valence-corrected chi connectivity index (χ4v) is 3.52. The highest BCUT2D eigenvalue weighted by Crippen LogP contribution is 2.28. The van der Waals surface area contributed by atoms with Crippen molar-refractivity contribution in [2.24, 2.45) is 11.8 Å². The van der Waals surface area contributed by atoms with Crippen LogP contribution in [0, 0.1) is 11.8 Å². The number of amides is 2. The van der Waals surface area contributed by atoms with Crippen LogP contribution < -0.4 is 10.6 Å². The van der Waals surface area contributed by atoms with E-state index in [1.165, 1.54) is 0 Å². The maximum atomic E-state index is 11.8. The summed E-state index contributed by atoms with van der Waals surface area (Å²) in [7, 11) is 0. The summed E-state index contributed by atoms with van der Waals surface area (Å²) in [5.41, 5.74) is -0.668. The number of carbonyl (C=O) groups excluding carboxylic acids is 1. The quantitative estimate of drug-likeness (QED) is 0.697. The molecule has 0 aromatic carbocycles. The number of likely N-dealkylation sites (tertiary alicyclic amines) is 1. The van der Waals surface area contributed by atoms with Gasteiger partial charge in [-0.2, -0.15) is 0 Å². The van der Waals surface area contributed by atoms with Gasteiger partial charge in [0.05, 0.1) is 5.60 Å². The zero-order valence-electron chi connectivity index (χ0n) is 13.5. The van der Waals surface area contributed by atoms with E-state index in [9.17, 15) is 9.90 Å². The second kappa shape index (κ2) is 7.45. The van der Waals surface area contributed by atoms with E-state index >= 15 is 0 Å². The molecule has 3 N–H and O–H groups in total. The zero-order valence-corrected chi connectivity index (χ0v) is 13.5. The summed E-state index contributed by atoms with van der Waals surface area (Å²) in [4.78, 5) is 14.3. The van der Waals surface area contributed by atoms with Crippen LogP contribution >= 0.6 is 0 Å². The molecule has 1 saturated heterocycles. The number of nitrogens with one attached hydrogen (secondary N) is 2. The average molecular weight is 297 g/mol. The minimum absolute atomic E-state index is 0.141. The third kappa shape index (κ3) is 5.47. The first kappa shape index (κ1) is 16.6. The van der Waals surface area contributed by atoms with Crippen LogP contribution in [0.25, 0.3) is 0 Å². The Labute approximate surface area is 128 Å². The van der Waals surface area contributed by atoms with Gasteiger partial charge in [-0.15, -0.1) is 0 Å². The predicted octanol–water partition coefficient (Wildman–Crippen LogP) is 1.57. The fraction of sp³-hybridized carbons (Fsp3) is 0.938. The summed E-state index contributed by atoms with van der Waals surface area (Å²) < 4.78 is 0. The second-order valence-corrected chi connectivity index (χ2v) is 7.30. The lowest BCUT2D eigenvalue weighted by Crippen LogP contribution is -2.46. The van der Waals surface area contributed by atoms with Gasteiger partial charge in [0.25, 0.3) is 0 Å². The number of hydrogen-bond acceptors (Lipinski definition) is 3. The molecular formula is C16H31N3O2. The van der Waals surface area contributed by atoms with Crippen molar-refractivity contribution in [1.82, 2.24) is 15.5 Å². The van der Waals surface area contributed by atoms with Crippen LogP contribution in [0.2, 0.25) is 0 Å². The van der Waals surface area contributed by atoms with Crippen LogP contribution in [-0.2, 0) is 0 Å². The maximum Gasteiger partial charge on any atom is 0.314 e. The zero-order chi connectivity index (χ0) is 15.3. The van der Waals surface area contributed by atoms with Crippen molar-refractivity contribution in [3.8, 4) is 0 Å². The Morgan fingerprint density at radius 1 is 1.33 bits per heavy atom. The molecule has 1 saturated carbocycles. The molecule has 5 nitrogen and oxygen atoms in total. The molecule has 0 bridgehead atoms. The van der Waals surface area contributed by atoms with E-state index in [0.717, 1.165) is 58.3 Å². The van der Waals surface area contributed by atoms with Gasteiger partial charge < -0.3 is 20.6 Å². The van der Waals surface area contributed by atoms with Gasteiger partial charge in [0.15, 0.2) is 0 Å². The van der Waals surface area contributed by atoms with Gasteiger partial charge in [0.1, 0.15) is 0 Å².